The van der Waals surface area contributed by atoms with E-state index in [1.807, 2.05) is 42.5 Å². The first-order valence-corrected chi connectivity index (χ1v) is 9.15. The molecule has 0 atom stereocenters. The number of pyridine rings is 1. The number of aryl methyl sites for hydroxylation is 1. The van der Waals surface area contributed by atoms with Crippen LogP contribution in [0.25, 0.3) is 0 Å². The molecule has 0 fully saturated rings. The predicted octanol–water partition coefficient (Wildman–Crippen LogP) is 5.30. The van der Waals surface area contributed by atoms with E-state index < -0.39 is 5.97 Å². The zero-order valence-corrected chi connectivity index (χ0v) is 15.0. The van der Waals surface area contributed by atoms with Crippen molar-refractivity contribution in [2.24, 2.45) is 0 Å². The van der Waals surface area contributed by atoms with Crippen LogP contribution < -0.4 is 4.74 Å². The van der Waals surface area contributed by atoms with Crippen LogP contribution in [-0.4, -0.2) is 11.0 Å². The summed E-state index contributed by atoms with van der Waals surface area (Å²) >= 11 is 0. The minimum absolute atomic E-state index is 0.351. The van der Waals surface area contributed by atoms with Crippen molar-refractivity contribution in [2.45, 2.75) is 51.9 Å². The molecular formula is C22H27NO2. The number of aromatic nitrogens is 1. The zero-order valence-electron chi connectivity index (χ0n) is 15.0. The van der Waals surface area contributed by atoms with Gasteiger partial charge in [-0.1, -0.05) is 75.1 Å². The van der Waals surface area contributed by atoms with Gasteiger partial charge in [-0.15, -0.1) is 0 Å². The lowest BCUT2D eigenvalue weighted by molar-refractivity contribution is -0.129. The third kappa shape index (κ3) is 7.79. The highest BCUT2D eigenvalue weighted by molar-refractivity contribution is 5.83. The second-order valence-corrected chi connectivity index (χ2v) is 6.18. The van der Waals surface area contributed by atoms with Gasteiger partial charge in [-0.05, 0) is 30.4 Å². The maximum atomic E-state index is 11.8. The van der Waals surface area contributed by atoms with Gasteiger partial charge in [0.05, 0.1) is 0 Å². The number of hydrogen-bond donors (Lipinski definition) is 0. The number of esters is 1. The van der Waals surface area contributed by atoms with Gasteiger partial charge >= 0.3 is 5.97 Å². The van der Waals surface area contributed by atoms with Crippen molar-refractivity contribution in [1.29, 1.82) is 0 Å². The van der Waals surface area contributed by atoms with E-state index in [0.717, 1.165) is 12.0 Å². The number of nitrogens with zero attached hydrogens (tertiary/aromatic N) is 1. The number of allylic oxidation sites excluding steroid dienone is 1. The van der Waals surface area contributed by atoms with E-state index >= 15 is 0 Å². The van der Waals surface area contributed by atoms with Crippen molar-refractivity contribution in [2.75, 3.05) is 0 Å². The summed E-state index contributed by atoms with van der Waals surface area (Å²) in [6.45, 7) is 2.22. The molecule has 1 aromatic carbocycles. The highest BCUT2D eigenvalue weighted by Gasteiger charge is 2.02. The van der Waals surface area contributed by atoms with Gasteiger partial charge < -0.3 is 4.74 Å². The Hall–Kier alpha value is -2.42. The molecule has 1 aromatic heterocycles. The lowest BCUT2D eigenvalue weighted by Gasteiger charge is -2.03. The number of rotatable bonds is 10. The summed E-state index contributed by atoms with van der Waals surface area (Å²) in [5, 5.41) is 0. The van der Waals surface area contributed by atoms with E-state index in [2.05, 4.69) is 11.9 Å². The number of carbonyl (C=O) groups excluding carboxylic acids is 1. The Balaban J connectivity index is 1.71. The minimum Gasteiger partial charge on any atom is -0.404 e. The molecule has 0 aliphatic heterocycles. The van der Waals surface area contributed by atoms with Crippen LogP contribution in [0.5, 0.6) is 5.88 Å². The molecule has 0 amide bonds. The predicted molar refractivity (Wildman–Crippen MR) is 102 cm³/mol. The molecule has 2 rings (SSSR count). The van der Waals surface area contributed by atoms with Gasteiger partial charge in [0.2, 0.25) is 5.88 Å². The average Bonchev–Trinajstić information content (AvgIpc) is 2.64. The molecule has 0 aliphatic carbocycles. The molecular weight excluding hydrogens is 310 g/mol. The molecule has 0 spiro atoms. The number of ether oxygens (including phenoxy) is 1. The van der Waals surface area contributed by atoms with Gasteiger partial charge in [0.25, 0.3) is 0 Å². The topological polar surface area (TPSA) is 39.2 Å². The van der Waals surface area contributed by atoms with Crippen molar-refractivity contribution >= 4 is 5.97 Å². The Morgan fingerprint density at radius 3 is 2.52 bits per heavy atom. The number of hydrogen-bond acceptors (Lipinski definition) is 3. The van der Waals surface area contributed by atoms with Gasteiger partial charge in [0.15, 0.2) is 0 Å². The monoisotopic (exact) mass is 337 g/mol. The van der Waals surface area contributed by atoms with E-state index in [-0.39, 0.29) is 0 Å². The smallest absolute Gasteiger partial charge is 0.337 e. The molecule has 0 saturated heterocycles. The fourth-order valence-electron chi connectivity index (χ4n) is 2.59. The lowest BCUT2D eigenvalue weighted by atomic mass is 10.1. The van der Waals surface area contributed by atoms with Crippen LogP contribution in [0.1, 0.15) is 50.2 Å². The average molecular weight is 337 g/mol. The second-order valence-electron chi connectivity index (χ2n) is 6.18. The molecule has 3 nitrogen and oxygen atoms in total. The summed E-state index contributed by atoms with van der Waals surface area (Å²) < 4.78 is 5.23. The first-order valence-electron chi connectivity index (χ1n) is 9.15. The summed E-state index contributed by atoms with van der Waals surface area (Å²) in [4.78, 5) is 16.0. The Bertz CT molecular complexity index is 647. The van der Waals surface area contributed by atoms with Crippen LogP contribution in [0.2, 0.25) is 0 Å². The summed E-state index contributed by atoms with van der Waals surface area (Å²) in [6, 6.07) is 13.7. The maximum Gasteiger partial charge on any atom is 0.337 e. The molecule has 3 heteroatoms. The molecule has 0 aliphatic rings. The first-order chi connectivity index (χ1) is 12.3. The Morgan fingerprint density at radius 2 is 1.80 bits per heavy atom. The van der Waals surface area contributed by atoms with Gasteiger partial charge in [-0.2, -0.15) is 0 Å². The van der Waals surface area contributed by atoms with Crippen molar-refractivity contribution in [1.82, 2.24) is 4.98 Å². The van der Waals surface area contributed by atoms with Gasteiger partial charge in [0.1, 0.15) is 0 Å². The Morgan fingerprint density at radius 1 is 1.00 bits per heavy atom. The molecule has 1 heterocycles. The van der Waals surface area contributed by atoms with E-state index in [0.29, 0.717) is 12.3 Å². The van der Waals surface area contributed by atoms with Crippen LogP contribution in [0, 0.1) is 0 Å². The lowest BCUT2D eigenvalue weighted by Crippen LogP contribution is -2.05. The van der Waals surface area contributed by atoms with Crippen LogP contribution in [-0.2, 0) is 17.6 Å². The Labute approximate surface area is 150 Å². The van der Waals surface area contributed by atoms with Crippen molar-refractivity contribution < 1.29 is 9.53 Å². The first kappa shape index (κ1) is 18.9. The molecule has 0 bridgehead atoms. The maximum absolute atomic E-state index is 11.8. The Kier molecular flexibility index (Phi) is 8.46. The zero-order chi connectivity index (χ0) is 17.7. The normalized spacial score (nSPS) is 10.9. The SMILES string of the molecule is CCCCCCCc1ccc(OC(=O)/C=C/Cc2ccccc2)nc1. The molecule has 0 saturated carbocycles. The number of unbranched alkanes of at least 4 members (excludes halogenated alkanes) is 4. The summed E-state index contributed by atoms with van der Waals surface area (Å²) in [5.41, 5.74) is 2.35. The molecule has 132 valence electrons. The molecule has 0 radical (unpaired) electrons. The largest absolute Gasteiger partial charge is 0.404 e. The summed E-state index contributed by atoms with van der Waals surface area (Å²) in [7, 11) is 0. The minimum atomic E-state index is -0.393. The van der Waals surface area contributed by atoms with Crippen LogP contribution in [0.3, 0.4) is 0 Å². The third-order valence-corrected chi connectivity index (χ3v) is 4.02. The second kappa shape index (κ2) is 11.2. The van der Waals surface area contributed by atoms with Gasteiger partial charge in [-0.25, -0.2) is 9.78 Å². The quantitative estimate of drug-likeness (QED) is 0.335. The van der Waals surface area contributed by atoms with E-state index in [1.165, 1.54) is 43.7 Å². The summed E-state index contributed by atoms with van der Waals surface area (Å²) in [5.74, 6) is -0.0418. The molecule has 0 N–H and O–H groups in total. The highest BCUT2D eigenvalue weighted by Crippen LogP contribution is 2.12. The van der Waals surface area contributed by atoms with Crippen molar-refractivity contribution in [3.05, 3.63) is 71.9 Å². The number of benzene rings is 1. The molecule has 25 heavy (non-hydrogen) atoms. The number of carbonyl (C=O) groups is 1. The molecule has 0 unspecified atom stereocenters. The van der Waals surface area contributed by atoms with Gasteiger partial charge in [-0.3, -0.25) is 0 Å². The van der Waals surface area contributed by atoms with E-state index in [9.17, 15) is 4.79 Å². The van der Waals surface area contributed by atoms with E-state index in [4.69, 9.17) is 4.74 Å². The fraction of sp³-hybridized carbons (Fsp3) is 0.364. The standard InChI is InChI=1S/C22H27NO2/c1-2-3-4-5-7-13-20-16-17-21(23-18-20)25-22(24)15-10-14-19-11-8-6-9-12-19/h6,8-12,15-18H,2-5,7,13-14H2,1H3/b15-10+. The van der Waals surface area contributed by atoms with E-state index in [1.54, 1.807) is 12.3 Å². The molecule has 2 aromatic rings. The van der Waals surface area contributed by atoms with Crippen LogP contribution >= 0.6 is 0 Å². The fourth-order valence-corrected chi connectivity index (χ4v) is 2.59. The van der Waals surface area contributed by atoms with Crippen molar-refractivity contribution in [3.63, 3.8) is 0 Å². The third-order valence-electron chi connectivity index (χ3n) is 4.02. The van der Waals surface area contributed by atoms with Crippen LogP contribution in [0.15, 0.2) is 60.8 Å². The van der Waals surface area contributed by atoms with Crippen molar-refractivity contribution in [3.8, 4) is 5.88 Å². The van der Waals surface area contributed by atoms with Gasteiger partial charge in [0, 0.05) is 18.3 Å². The summed E-state index contributed by atoms with van der Waals surface area (Å²) in [6.07, 6.45) is 13.1. The highest BCUT2D eigenvalue weighted by atomic mass is 16.5. The van der Waals surface area contributed by atoms with Crippen LogP contribution in [0.4, 0.5) is 0 Å².